The van der Waals surface area contributed by atoms with E-state index >= 15 is 0 Å². The molecule has 0 saturated heterocycles. The second kappa shape index (κ2) is 9.88. The van der Waals surface area contributed by atoms with Gasteiger partial charge in [0.25, 0.3) is 5.69 Å². The van der Waals surface area contributed by atoms with E-state index in [1.807, 2.05) is 6.92 Å². The highest BCUT2D eigenvalue weighted by atomic mass is 16.6. The van der Waals surface area contributed by atoms with Crippen LogP contribution in [0.2, 0.25) is 0 Å². The highest BCUT2D eigenvalue weighted by Crippen LogP contribution is 2.30. The number of cyclic esters (lactones) is 1. The molecule has 0 N–H and O–H groups in total. The Labute approximate surface area is 180 Å². The number of aryl methyl sites for hydroxylation is 1. The third-order valence-corrected chi connectivity index (χ3v) is 4.60. The number of unbranched alkanes of at least 4 members (excludes halogenated alkanes) is 1. The first-order valence-corrected chi connectivity index (χ1v) is 10.1. The highest BCUT2D eigenvalue weighted by Gasteiger charge is 2.26. The van der Waals surface area contributed by atoms with E-state index in [-0.39, 0.29) is 17.3 Å². The van der Waals surface area contributed by atoms with Gasteiger partial charge in [-0.1, -0.05) is 25.5 Å². The summed E-state index contributed by atoms with van der Waals surface area (Å²) in [5.41, 5.74) is 1.61. The van der Waals surface area contributed by atoms with Crippen LogP contribution in [-0.2, 0) is 9.53 Å². The molecule has 0 radical (unpaired) electrons. The van der Waals surface area contributed by atoms with Crippen LogP contribution in [0.3, 0.4) is 0 Å². The van der Waals surface area contributed by atoms with Crippen molar-refractivity contribution in [3.63, 3.8) is 0 Å². The molecule has 0 fully saturated rings. The summed E-state index contributed by atoms with van der Waals surface area (Å²) in [7, 11) is 0. The second-order valence-electron chi connectivity index (χ2n) is 6.94. The molecule has 0 unspecified atom stereocenters. The first kappa shape index (κ1) is 22.0. The molecule has 0 aliphatic carbocycles. The summed E-state index contributed by atoms with van der Waals surface area (Å²) in [6, 6.07) is 9.94. The smallest absolute Gasteiger partial charge is 0.363 e. The summed E-state index contributed by atoms with van der Waals surface area (Å²) < 4.78 is 16.7. The Bertz CT molecular complexity index is 1060. The Hall–Kier alpha value is -3.68. The number of esters is 1. The Balaban J connectivity index is 1.88. The summed E-state index contributed by atoms with van der Waals surface area (Å²) in [6.45, 7) is 6.68. The molecule has 0 bridgehead atoms. The van der Waals surface area contributed by atoms with Crippen LogP contribution in [-0.4, -0.2) is 30.0 Å². The molecule has 3 rings (SSSR count). The minimum atomic E-state index is -0.625. The van der Waals surface area contributed by atoms with Gasteiger partial charge in [0, 0.05) is 17.2 Å². The molecule has 8 nitrogen and oxygen atoms in total. The maximum atomic E-state index is 12.3. The third kappa shape index (κ3) is 5.28. The van der Waals surface area contributed by atoms with Gasteiger partial charge in [-0.25, -0.2) is 9.79 Å². The van der Waals surface area contributed by atoms with Gasteiger partial charge in [0.1, 0.15) is 0 Å². The molecule has 0 atom stereocenters. The van der Waals surface area contributed by atoms with E-state index in [2.05, 4.69) is 11.9 Å². The van der Waals surface area contributed by atoms with Crippen molar-refractivity contribution in [1.29, 1.82) is 0 Å². The highest BCUT2D eigenvalue weighted by molar-refractivity contribution is 6.13. The van der Waals surface area contributed by atoms with Crippen LogP contribution in [0.25, 0.3) is 6.08 Å². The fourth-order valence-electron chi connectivity index (χ4n) is 2.96. The molecule has 162 valence electrons. The standard InChI is InChI=1S/C23H24N2O6/c1-4-6-11-30-20-10-8-16(13-21(20)29-5-2)12-18-23(26)31-22(24-18)17-9-7-15(3)19(14-17)25(27)28/h7-10,12-14H,4-6,11H2,1-3H3/b18-12-. The van der Waals surface area contributed by atoms with Gasteiger partial charge in [-0.05, 0) is 50.1 Å². The lowest BCUT2D eigenvalue weighted by atomic mass is 10.1. The van der Waals surface area contributed by atoms with Crippen LogP contribution in [0.15, 0.2) is 47.1 Å². The Morgan fingerprint density at radius 3 is 2.65 bits per heavy atom. The number of hydrogen-bond acceptors (Lipinski definition) is 7. The minimum absolute atomic E-state index is 0.0314. The number of rotatable bonds is 9. The van der Waals surface area contributed by atoms with Crippen molar-refractivity contribution >= 4 is 23.6 Å². The molecule has 1 aliphatic rings. The quantitative estimate of drug-likeness (QED) is 0.188. The van der Waals surface area contributed by atoms with Crippen molar-refractivity contribution in [2.45, 2.75) is 33.6 Å². The average Bonchev–Trinajstić information content (AvgIpc) is 3.10. The van der Waals surface area contributed by atoms with Gasteiger partial charge in [-0.15, -0.1) is 0 Å². The molecular weight excluding hydrogens is 400 g/mol. The van der Waals surface area contributed by atoms with Crippen LogP contribution >= 0.6 is 0 Å². The van der Waals surface area contributed by atoms with E-state index in [4.69, 9.17) is 14.2 Å². The predicted octanol–water partition coefficient (Wildman–Crippen LogP) is 4.83. The van der Waals surface area contributed by atoms with Crippen molar-refractivity contribution in [3.8, 4) is 11.5 Å². The van der Waals surface area contributed by atoms with Crippen molar-refractivity contribution in [1.82, 2.24) is 0 Å². The molecule has 0 aromatic heterocycles. The maximum Gasteiger partial charge on any atom is 0.363 e. The fourth-order valence-corrected chi connectivity index (χ4v) is 2.96. The van der Waals surface area contributed by atoms with Crippen molar-refractivity contribution in [3.05, 3.63) is 68.9 Å². The zero-order valence-corrected chi connectivity index (χ0v) is 17.7. The maximum absolute atomic E-state index is 12.3. The Morgan fingerprint density at radius 2 is 1.94 bits per heavy atom. The predicted molar refractivity (Wildman–Crippen MR) is 116 cm³/mol. The van der Waals surface area contributed by atoms with Crippen molar-refractivity contribution in [2.75, 3.05) is 13.2 Å². The zero-order chi connectivity index (χ0) is 22.4. The number of nitrogens with zero attached hydrogens (tertiary/aromatic N) is 2. The number of nitro benzene ring substituents is 1. The lowest BCUT2D eigenvalue weighted by molar-refractivity contribution is -0.385. The van der Waals surface area contributed by atoms with Crippen molar-refractivity contribution in [2.24, 2.45) is 4.99 Å². The van der Waals surface area contributed by atoms with E-state index in [9.17, 15) is 14.9 Å². The number of ether oxygens (including phenoxy) is 3. The third-order valence-electron chi connectivity index (χ3n) is 4.60. The molecule has 2 aromatic carbocycles. The number of hydrogen-bond donors (Lipinski definition) is 0. The van der Waals surface area contributed by atoms with Gasteiger partial charge in [-0.3, -0.25) is 10.1 Å². The van der Waals surface area contributed by atoms with Crippen LogP contribution in [0, 0.1) is 17.0 Å². The molecule has 0 spiro atoms. The molecule has 8 heteroatoms. The lowest BCUT2D eigenvalue weighted by Crippen LogP contribution is -2.06. The SMILES string of the molecule is CCCCOc1ccc(/C=C2\N=C(c3ccc(C)c([N+](=O)[O-])c3)OC2=O)cc1OCC. The van der Waals surface area contributed by atoms with E-state index in [0.717, 1.165) is 12.8 Å². The van der Waals surface area contributed by atoms with E-state index in [1.54, 1.807) is 43.3 Å². The summed E-state index contributed by atoms with van der Waals surface area (Å²) in [6.07, 6.45) is 3.55. The first-order valence-electron chi connectivity index (χ1n) is 10.1. The second-order valence-corrected chi connectivity index (χ2v) is 6.94. The summed E-state index contributed by atoms with van der Waals surface area (Å²) in [5, 5.41) is 11.2. The molecule has 2 aromatic rings. The number of nitro groups is 1. The molecule has 0 saturated carbocycles. The first-order chi connectivity index (χ1) is 14.9. The van der Waals surface area contributed by atoms with E-state index < -0.39 is 10.9 Å². The number of benzene rings is 2. The molecule has 1 aliphatic heterocycles. The van der Waals surface area contributed by atoms with Crippen molar-refractivity contribution < 1.29 is 23.9 Å². The largest absolute Gasteiger partial charge is 0.490 e. The monoisotopic (exact) mass is 424 g/mol. The van der Waals surface area contributed by atoms with Gasteiger partial charge >= 0.3 is 5.97 Å². The minimum Gasteiger partial charge on any atom is -0.490 e. The van der Waals surface area contributed by atoms with Crippen LogP contribution in [0.5, 0.6) is 11.5 Å². The molecular formula is C23H24N2O6. The summed E-state index contributed by atoms with van der Waals surface area (Å²) in [5.74, 6) is 0.628. The Morgan fingerprint density at radius 1 is 1.13 bits per heavy atom. The number of carbonyl (C=O) groups excluding carboxylic acids is 1. The van der Waals surface area contributed by atoms with Gasteiger partial charge in [0.05, 0.1) is 18.1 Å². The van der Waals surface area contributed by atoms with Gasteiger partial charge < -0.3 is 14.2 Å². The van der Waals surface area contributed by atoms with E-state index in [0.29, 0.717) is 41.4 Å². The topological polar surface area (TPSA) is 100 Å². The van der Waals surface area contributed by atoms with Gasteiger partial charge in [0.15, 0.2) is 17.2 Å². The van der Waals surface area contributed by atoms with Crippen LogP contribution in [0.4, 0.5) is 5.69 Å². The fraction of sp³-hybridized carbons (Fsp3) is 0.304. The summed E-state index contributed by atoms with van der Waals surface area (Å²) in [4.78, 5) is 27.2. The van der Waals surface area contributed by atoms with E-state index in [1.165, 1.54) is 6.07 Å². The van der Waals surface area contributed by atoms with Gasteiger partial charge in [-0.2, -0.15) is 0 Å². The number of aliphatic imine (C=N–C) groups is 1. The molecule has 1 heterocycles. The average molecular weight is 424 g/mol. The number of carbonyl (C=O) groups is 1. The Kier molecular flexibility index (Phi) is 7.02. The van der Waals surface area contributed by atoms with Crippen LogP contribution < -0.4 is 9.47 Å². The van der Waals surface area contributed by atoms with Crippen LogP contribution in [0.1, 0.15) is 43.4 Å². The van der Waals surface area contributed by atoms with Gasteiger partial charge in [0.2, 0.25) is 5.90 Å². The summed E-state index contributed by atoms with van der Waals surface area (Å²) >= 11 is 0. The normalized spacial score (nSPS) is 14.4. The lowest BCUT2D eigenvalue weighted by Gasteiger charge is -2.12. The molecule has 31 heavy (non-hydrogen) atoms. The molecule has 0 amide bonds. The zero-order valence-electron chi connectivity index (χ0n) is 17.7.